The van der Waals surface area contributed by atoms with Crippen molar-refractivity contribution in [3.63, 3.8) is 0 Å². The second-order valence-electron chi connectivity index (χ2n) is 20.1. The molecule has 26 heteroatoms. The lowest BCUT2D eigenvalue weighted by molar-refractivity contribution is 0.00578. The van der Waals surface area contributed by atoms with Gasteiger partial charge in [-0.3, -0.25) is 14.4 Å². The van der Waals surface area contributed by atoms with E-state index in [0.29, 0.717) is 50.7 Å². The van der Waals surface area contributed by atoms with Crippen molar-refractivity contribution in [1.29, 1.82) is 0 Å². The van der Waals surface area contributed by atoms with Gasteiger partial charge in [0.1, 0.15) is 40.6 Å². The smallest absolute Gasteiger partial charge is 0.464 e. The van der Waals surface area contributed by atoms with E-state index in [1.54, 1.807) is 61.1 Å². The zero-order valence-electron chi connectivity index (χ0n) is 47.8. The third-order valence-corrected chi connectivity index (χ3v) is 12.8. The topological polar surface area (TPSA) is 234 Å². The molecule has 6 heterocycles. The van der Waals surface area contributed by atoms with E-state index in [2.05, 4.69) is 68.5 Å². The Hall–Kier alpha value is -6.93. The molecule has 0 aliphatic carbocycles. The average molecular weight is 1290 g/mol. The highest BCUT2D eigenvalue weighted by Crippen LogP contribution is 2.36. The molecule has 84 heavy (non-hydrogen) atoms. The summed E-state index contributed by atoms with van der Waals surface area (Å²) in [5.41, 5.74) is 15.1. The third kappa shape index (κ3) is 23.6. The Labute approximate surface area is 513 Å². The standard InChI is InChI=1S/C18H14ClFN4O2.C12H10ClFN2.C11H17BN2O2.C7H5BrClF.C7H8N2O3.3CH3.Al/c1-24-17(25)5-3-15(23-24)18(26)22-16-4-2-11(10-21-16)6-12-7-13(19)9-14(20)8-12;13-10-4-9(5-11(14)6-10)3-8-1-2-12(15)16-7-8;1-10(2)11(3,4)16-12(15-10)8-5-6-9(13)14-7-8;8-4-5-1-6(9)3-7(10)2-5;1-9-6(10)4-3-5(8-9)7(11)12-2;;;;/h2-5,7-10H,6H2,1H3,(H,21,22,26);1-2,4-7H,3H2,(H2,15,16);5-7H,1-4H3,(H2,13,14);1-3H,4H2;3-4H,1-2H3;3*1H3;. The Morgan fingerprint density at radius 2 is 1.04 bits per heavy atom. The minimum absolute atomic E-state index is 0.104. The van der Waals surface area contributed by atoms with Gasteiger partial charge in [-0.1, -0.05) is 68.9 Å². The number of nitrogen functional groups attached to an aromatic ring is 2. The molecular formula is C58H63AlBBrCl3F3N10O7. The van der Waals surface area contributed by atoms with Gasteiger partial charge in [-0.15, -0.1) is 17.4 Å². The number of nitrogens with one attached hydrogen (secondary N) is 1. The molecule has 1 fully saturated rings. The molecule has 1 aliphatic heterocycles. The van der Waals surface area contributed by atoms with E-state index in [1.807, 2.05) is 39.8 Å². The predicted octanol–water partition coefficient (Wildman–Crippen LogP) is 11.1. The van der Waals surface area contributed by atoms with Gasteiger partial charge < -0.3 is 30.8 Å². The quantitative estimate of drug-likeness (QED) is 0.0693. The Bertz CT molecular complexity index is 3520. The molecule has 0 bridgehead atoms. The van der Waals surface area contributed by atoms with Crippen molar-refractivity contribution in [1.82, 2.24) is 34.5 Å². The molecule has 1 amide bonds. The lowest BCUT2D eigenvalue weighted by Crippen LogP contribution is -2.41. The number of benzene rings is 3. The maximum atomic E-state index is 13.4. The number of nitrogens with zero attached hydrogens (tertiary/aromatic N) is 7. The van der Waals surface area contributed by atoms with Crippen LogP contribution in [0.4, 0.5) is 30.6 Å². The van der Waals surface area contributed by atoms with Crippen molar-refractivity contribution < 1.29 is 36.8 Å². The number of alkyl halides is 1. The first-order valence-corrected chi connectivity index (χ1v) is 31.3. The molecular weight excluding hydrogens is 1230 g/mol. The van der Waals surface area contributed by atoms with Crippen LogP contribution in [-0.4, -0.2) is 86.0 Å². The molecule has 3 aromatic carbocycles. The SMILES string of the molecule is CC1(C)OB(c2ccc(N)nc2)OC1(C)C.COC(=O)c1ccc(=O)n(C)n1.Cn1nc(C(=O)Nc2ccc(Cc3cc(F)cc(Cl)c3)cn2)ccc1=O.Fc1cc(Cl)cc(CBr)c1.Nc1ccc(Cc2cc(F)cc(Cl)c2)cn1.[CH3][Al]([CH3])[CH3]. The number of nitrogens with two attached hydrogens (primary N) is 2. The minimum Gasteiger partial charge on any atom is -0.464 e. The van der Waals surface area contributed by atoms with Crippen LogP contribution in [0.1, 0.15) is 76.5 Å². The fourth-order valence-corrected chi connectivity index (χ4v) is 7.84. The highest BCUT2D eigenvalue weighted by atomic mass is 79.9. The van der Waals surface area contributed by atoms with Gasteiger partial charge >= 0.3 is 13.1 Å². The summed E-state index contributed by atoms with van der Waals surface area (Å²) >= 11 is 20.2. The van der Waals surface area contributed by atoms with Crippen LogP contribution in [0.3, 0.4) is 0 Å². The number of esters is 1. The van der Waals surface area contributed by atoms with Gasteiger partial charge in [0.05, 0.1) is 18.3 Å². The van der Waals surface area contributed by atoms with Gasteiger partial charge in [-0.05, 0) is 153 Å². The van der Waals surface area contributed by atoms with Crippen LogP contribution in [0.25, 0.3) is 0 Å². The number of carbonyl (C=O) groups is 2. The molecule has 9 rings (SSSR count). The van der Waals surface area contributed by atoms with Crippen molar-refractivity contribution in [3.05, 3.63) is 226 Å². The summed E-state index contributed by atoms with van der Waals surface area (Å²) in [5.74, 6) is 6.19. The highest BCUT2D eigenvalue weighted by molar-refractivity contribution is 9.08. The summed E-state index contributed by atoms with van der Waals surface area (Å²) in [6.07, 6.45) is 6.00. The van der Waals surface area contributed by atoms with Crippen LogP contribution in [0.5, 0.6) is 0 Å². The first kappa shape index (κ1) is 69.6. The fraction of sp³-hybridized carbons (Fsp3) is 0.259. The van der Waals surface area contributed by atoms with Crippen molar-refractivity contribution in [2.45, 2.75) is 74.4 Å². The van der Waals surface area contributed by atoms with Crippen LogP contribution in [0, 0.1) is 17.5 Å². The molecule has 0 spiro atoms. The maximum absolute atomic E-state index is 13.4. The average Bonchev–Trinajstić information content (AvgIpc) is 3.04. The van der Waals surface area contributed by atoms with E-state index in [9.17, 15) is 32.3 Å². The molecule has 8 aromatic rings. The highest BCUT2D eigenvalue weighted by Gasteiger charge is 2.51. The van der Waals surface area contributed by atoms with E-state index in [0.717, 1.165) is 42.6 Å². The number of halogens is 7. The van der Waals surface area contributed by atoms with E-state index in [-0.39, 0.29) is 66.6 Å². The van der Waals surface area contributed by atoms with Gasteiger partial charge in [-0.2, -0.15) is 10.2 Å². The van der Waals surface area contributed by atoms with Crippen molar-refractivity contribution in [3.8, 4) is 0 Å². The van der Waals surface area contributed by atoms with Gasteiger partial charge in [0.15, 0.2) is 5.69 Å². The molecule has 0 radical (unpaired) electrons. The van der Waals surface area contributed by atoms with Gasteiger partial charge in [0.2, 0.25) is 0 Å². The summed E-state index contributed by atoms with van der Waals surface area (Å²) in [6.45, 7) is 8.10. The van der Waals surface area contributed by atoms with Crippen LogP contribution in [0.2, 0.25) is 32.4 Å². The molecule has 442 valence electrons. The van der Waals surface area contributed by atoms with E-state index >= 15 is 0 Å². The summed E-state index contributed by atoms with van der Waals surface area (Å²) < 4.78 is 57.3. The number of rotatable bonds is 9. The number of aryl methyl sites for hydroxylation is 2. The Balaban J connectivity index is 0.000000230. The molecule has 0 saturated carbocycles. The number of carbonyl (C=O) groups excluding carboxylic acids is 2. The summed E-state index contributed by atoms with van der Waals surface area (Å²) in [5, 5.41) is 12.0. The van der Waals surface area contributed by atoms with E-state index < -0.39 is 17.7 Å². The predicted molar refractivity (Wildman–Crippen MR) is 331 cm³/mol. The number of aromatic nitrogens is 7. The summed E-state index contributed by atoms with van der Waals surface area (Å²) in [4.78, 5) is 57.3. The number of pyridine rings is 3. The largest absolute Gasteiger partial charge is 0.496 e. The molecule has 17 nitrogen and oxygen atoms in total. The zero-order valence-corrected chi connectivity index (χ0v) is 52.8. The lowest BCUT2D eigenvalue weighted by Gasteiger charge is -2.32. The Morgan fingerprint density at radius 3 is 1.43 bits per heavy atom. The van der Waals surface area contributed by atoms with Crippen molar-refractivity contribution in [2.24, 2.45) is 14.1 Å². The molecule has 0 unspecified atom stereocenters. The summed E-state index contributed by atoms with van der Waals surface area (Å²) in [6, 6.07) is 29.1. The van der Waals surface area contributed by atoms with Gasteiger partial charge in [0, 0.05) is 70.7 Å². The number of hydrogen-bond donors (Lipinski definition) is 3. The maximum Gasteiger partial charge on any atom is 0.496 e. The van der Waals surface area contributed by atoms with E-state index in [4.69, 9.17) is 55.6 Å². The molecule has 1 aliphatic rings. The Morgan fingerprint density at radius 1 is 0.619 bits per heavy atom. The lowest BCUT2D eigenvalue weighted by atomic mass is 9.80. The van der Waals surface area contributed by atoms with Gasteiger partial charge in [0.25, 0.3) is 31.2 Å². The summed E-state index contributed by atoms with van der Waals surface area (Å²) in [7, 11) is 3.83. The number of hydrogen-bond acceptors (Lipinski definition) is 14. The number of methoxy groups -OCH3 is 1. The third-order valence-electron chi connectivity index (χ3n) is 11.5. The second-order valence-corrected chi connectivity index (χ2v) is 25.4. The van der Waals surface area contributed by atoms with Crippen molar-refractivity contribution in [2.75, 3.05) is 23.9 Å². The van der Waals surface area contributed by atoms with Crippen LogP contribution in [0.15, 0.2) is 143 Å². The van der Waals surface area contributed by atoms with Gasteiger partial charge in [-0.25, -0.2) is 42.3 Å². The zero-order chi connectivity index (χ0) is 62.5. The fourth-order valence-electron chi connectivity index (χ4n) is 6.78. The van der Waals surface area contributed by atoms with Crippen LogP contribution < -0.4 is 33.4 Å². The number of ether oxygens (including phenoxy) is 1. The molecule has 0 atom stereocenters. The van der Waals surface area contributed by atoms with E-state index in [1.165, 1.54) is 81.9 Å². The first-order chi connectivity index (χ1) is 39.4. The monoisotopic (exact) mass is 1290 g/mol. The van der Waals surface area contributed by atoms with Crippen molar-refractivity contribution >= 4 is 107 Å². The Kier molecular flexibility index (Phi) is 27.3. The van der Waals surface area contributed by atoms with Crippen LogP contribution >= 0.6 is 50.7 Å². The normalized spacial score (nSPS) is 12.4. The molecule has 1 saturated heterocycles. The second kappa shape index (κ2) is 32.9. The number of anilines is 3. The molecule has 5 aromatic heterocycles. The number of amides is 1. The minimum atomic E-state index is -0.550. The first-order valence-electron chi connectivity index (χ1n) is 25.6. The molecule has 5 N–H and O–H groups in total. The van der Waals surface area contributed by atoms with Crippen LogP contribution in [-0.2, 0) is 46.3 Å².